The Bertz CT molecular complexity index is 949. The largest absolute Gasteiger partial charge is 0.267 e. The minimum Gasteiger partial charge on any atom is -0.267 e. The van der Waals surface area contributed by atoms with Crippen molar-refractivity contribution in [3.63, 3.8) is 0 Å². The molecule has 1 aromatic carbocycles. The van der Waals surface area contributed by atoms with Gasteiger partial charge in [0.1, 0.15) is 12.7 Å². The van der Waals surface area contributed by atoms with E-state index in [1.54, 1.807) is 22.3 Å². The van der Waals surface area contributed by atoms with Crippen LogP contribution in [0.2, 0.25) is 0 Å². The number of hydrogen-bond donors (Lipinski definition) is 1. The first kappa shape index (κ1) is 14.0. The van der Waals surface area contributed by atoms with Gasteiger partial charge >= 0.3 is 0 Å². The summed E-state index contributed by atoms with van der Waals surface area (Å²) in [7, 11) is 0. The number of benzene rings is 1. The Morgan fingerprint density at radius 1 is 1.17 bits per heavy atom. The van der Waals surface area contributed by atoms with Gasteiger partial charge in [-0.2, -0.15) is 10.2 Å². The van der Waals surface area contributed by atoms with E-state index in [9.17, 15) is 0 Å². The van der Waals surface area contributed by atoms with Crippen molar-refractivity contribution in [2.45, 2.75) is 6.54 Å². The van der Waals surface area contributed by atoms with E-state index in [4.69, 9.17) is 12.2 Å². The molecule has 0 saturated heterocycles. The first-order chi connectivity index (χ1) is 11.3. The number of thiophene rings is 1. The molecule has 0 radical (unpaired) electrons. The van der Waals surface area contributed by atoms with Gasteiger partial charge in [0.05, 0.1) is 17.1 Å². The highest BCUT2D eigenvalue weighted by atomic mass is 32.1. The van der Waals surface area contributed by atoms with Crippen molar-refractivity contribution in [2.24, 2.45) is 0 Å². The van der Waals surface area contributed by atoms with E-state index in [0.717, 1.165) is 22.0 Å². The third-order valence-electron chi connectivity index (χ3n) is 3.42. The highest BCUT2D eigenvalue weighted by Crippen LogP contribution is 2.25. The molecule has 0 aliphatic rings. The lowest BCUT2D eigenvalue weighted by molar-refractivity contribution is 0.685. The normalized spacial score (nSPS) is 11.0. The number of rotatable bonds is 4. The number of H-pyrrole nitrogens is 1. The van der Waals surface area contributed by atoms with Crippen molar-refractivity contribution in [3.8, 4) is 16.4 Å². The van der Waals surface area contributed by atoms with E-state index in [1.165, 1.54) is 6.33 Å². The summed E-state index contributed by atoms with van der Waals surface area (Å²) in [5.74, 6) is 0.828. The average Bonchev–Trinajstić information content (AvgIpc) is 3.29. The number of aromatic nitrogens is 6. The second-order valence-electron chi connectivity index (χ2n) is 4.92. The topological polar surface area (TPSA) is 64.3 Å². The molecule has 0 saturated carbocycles. The molecular formula is C15H12N6S2. The van der Waals surface area contributed by atoms with Crippen LogP contribution in [0.15, 0.2) is 54.4 Å². The van der Waals surface area contributed by atoms with Gasteiger partial charge in [0, 0.05) is 0 Å². The van der Waals surface area contributed by atoms with Crippen molar-refractivity contribution in [2.75, 3.05) is 0 Å². The molecule has 4 aromatic rings. The Kier molecular flexibility index (Phi) is 3.60. The zero-order valence-corrected chi connectivity index (χ0v) is 13.6. The van der Waals surface area contributed by atoms with E-state index in [-0.39, 0.29) is 0 Å². The minimum absolute atomic E-state index is 0.581. The van der Waals surface area contributed by atoms with Gasteiger partial charge in [0.25, 0.3) is 0 Å². The van der Waals surface area contributed by atoms with Crippen LogP contribution in [0.25, 0.3) is 16.4 Å². The molecule has 23 heavy (non-hydrogen) atoms. The molecule has 0 aliphatic heterocycles. The lowest BCUT2D eigenvalue weighted by Gasteiger charge is -2.07. The Hall–Kier alpha value is -2.58. The van der Waals surface area contributed by atoms with Gasteiger partial charge < -0.3 is 0 Å². The fourth-order valence-electron chi connectivity index (χ4n) is 2.36. The molecule has 0 atom stereocenters. The van der Waals surface area contributed by atoms with Crippen LogP contribution in [0.1, 0.15) is 5.56 Å². The standard InChI is InChI=1S/C15H12N6S2/c22-15-19-18-14(13-2-1-7-23-13)21(15)12-5-3-11(4-6-12)8-20-10-16-9-17-20/h1-7,9-10H,8H2,(H,19,22). The summed E-state index contributed by atoms with van der Waals surface area (Å²) in [4.78, 5) is 5.02. The van der Waals surface area contributed by atoms with Crippen molar-refractivity contribution < 1.29 is 0 Å². The second kappa shape index (κ2) is 5.90. The van der Waals surface area contributed by atoms with E-state index >= 15 is 0 Å². The highest BCUT2D eigenvalue weighted by molar-refractivity contribution is 7.71. The van der Waals surface area contributed by atoms with Gasteiger partial charge in [-0.25, -0.2) is 9.67 Å². The van der Waals surface area contributed by atoms with Crippen LogP contribution in [0.3, 0.4) is 0 Å². The molecule has 114 valence electrons. The monoisotopic (exact) mass is 340 g/mol. The van der Waals surface area contributed by atoms with Gasteiger partial charge in [-0.3, -0.25) is 9.67 Å². The second-order valence-corrected chi connectivity index (χ2v) is 6.26. The third kappa shape index (κ3) is 2.73. The molecule has 8 heteroatoms. The van der Waals surface area contributed by atoms with Crippen molar-refractivity contribution in [1.82, 2.24) is 29.5 Å². The average molecular weight is 340 g/mol. The summed E-state index contributed by atoms with van der Waals surface area (Å²) >= 11 is 7.02. The summed E-state index contributed by atoms with van der Waals surface area (Å²) in [5.41, 5.74) is 2.13. The van der Waals surface area contributed by atoms with Gasteiger partial charge in [0.2, 0.25) is 0 Å². The van der Waals surface area contributed by atoms with E-state index < -0.39 is 0 Å². The van der Waals surface area contributed by atoms with Crippen LogP contribution in [-0.4, -0.2) is 29.5 Å². The lowest BCUT2D eigenvalue weighted by Crippen LogP contribution is -2.01. The Labute approximate surface area is 141 Å². The predicted molar refractivity (Wildman–Crippen MR) is 91.2 cm³/mol. The molecule has 0 unspecified atom stereocenters. The van der Waals surface area contributed by atoms with E-state index in [0.29, 0.717) is 11.3 Å². The van der Waals surface area contributed by atoms with Crippen LogP contribution in [0.5, 0.6) is 0 Å². The molecular weight excluding hydrogens is 328 g/mol. The molecule has 3 aromatic heterocycles. The lowest BCUT2D eigenvalue weighted by atomic mass is 10.2. The summed E-state index contributed by atoms with van der Waals surface area (Å²) in [6.45, 7) is 0.689. The first-order valence-corrected chi connectivity index (χ1v) is 8.23. The summed E-state index contributed by atoms with van der Waals surface area (Å²) in [6, 6.07) is 12.2. The minimum atomic E-state index is 0.581. The molecule has 6 nitrogen and oxygen atoms in total. The number of hydrogen-bond acceptors (Lipinski definition) is 5. The van der Waals surface area contributed by atoms with Gasteiger partial charge in [-0.05, 0) is 41.4 Å². The molecule has 4 rings (SSSR count). The third-order valence-corrected chi connectivity index (χ3v) is 4.56. The molecule has 3 heterocycles. The Morgan fingerprint density at radius 3 is 2.74 bits per heavy atom. The Balaban J connectivity index is 1.69. The van der Waals surface area contributed by atoms with E-state index in [2.05, 4.69) is 32.4 Å². The maximum atomic E-state index is 5.38. The van der Waals surface area contributed by atoms with Gasteiger partial charge in [-0.15, -0.1) is 11.3 Å². The maximum Gasteiger partial charge on any atom is 0.200 e. The fourth-order valence-corrected chi connectivity index (χ4v) is 3.30. The van der Waals surface area contributed by atoms with Crippen LogP contribution < -0.4 is 0 Å². The summed E-state index contributed by atoms with van der Waals surface area (Å²) in [6.07, 6.45) is 3.24. The molecule has 0 amide bonds. The smallest absolute Gasteiger partial charge is 0.200 e. The summed E-state index contributed by atoms with van der Waals surface area (Å²) in [5, 5.41) is 13.4. The van der Waals surface area contributed by atoms with Crippen LogP contribution in [-0.2, 0) is 6.54 Å². The maximum absolute atomic E-state index is 5.38. The quantitative estimate of drug-likeness (QED) is 0.579. The van der Waals surface area contributed by atoms with Crippen LogP contribution in [0.4, 0.5) is 0 Å². The van der Waals surface area contributed by atoms with Crippen molar-refractivity contribution in [1.29, 1.82) is 0 Å². The molecule has 1 N–H and O–H groups in total. The zero-order chi connectivity index (χ0) is 15.6. The molecule has 0 spiro atoms. The zero-order valence-electron chi connectivity index (χ0n) is 12.0. The van der Waals surface area contributed by atoms with E-state index in [1.807, 2.05) is 34.2 Å². The summed E-state index contributed by atoms with van der Waals surface area (Å²) < 4.78 is 4.31. The van der Waals surface area contributed by atoms with Crippen molar-refractivity contribution >= 4 is 23.6 Å². The number of aromatic amines is 1. The van der Waals surface area contributed by atoms with Gasteiger partial charge in [0.15, 0.2) is 10.6 Å². The molecule has 0 aliphatic carbocycles. The van der Waals surface area contributed by atoms with Crippen LogP contribution in [0, 0.1) is 4.77 Å². The predicted octanol–water partition coefficient (Wildman–Crippen LogP) is 3.30. The first-order valence-electron chi connectivity index (χ1n) is 6.94. The van der Waals surface area contributed by atoms with Crippen molar-refractivity contribution in [3.05, 3.63) is 64.8 Å². The van der Waals surface area contributed by atoms with Gasteiger partial charge in [-0.1, -0.05) is 18.2 Å². The van der Waals surface area contributed by atoms with Crippen LogP contribution >= 0.6 is 23.6 Å². The molecule has 0 bridgehead atoms. The highest BCUT2D eigenvalue weighted by Gasteiger charge is 2.11. The number of nitrogens with zero attached hydrogens (tertiary/aromatic N) is 5. The molecule has 0 fully saturated rings. The number of nitrogens with one attached hydrogen (secondary N) is 1. The Morgan fingerprint density at radius 2 is 2.04 bits per heavy atom. The SMILES string of the molecule is S=c1[nH]nc(-c2cccs2)n1-c1ccc(Cn2cncn2)cc1. The fraction of sp³-hybridized carbons (Fsp3) is 0.0667.